The Labute approximate surface area is 190 Å². The van der Waals surface area contributed by atoms with E-state index in [1.165, 1.54) is 0 Å². The highest BCUT2D eigenvalue weighted by Crippen LogP contribution is 2.20. The van der Waals surface area contributed by atoms with Crippen molar-refractivity contribution in [3.05, 3.63) is 88.7 Å². The molecular weight excluding hydrogens is 418 g/mol. The zero-order valence-electron chi connectivity index (χ0n) is 18.1. The lowest BCUT2D eigenvalue weighted by Gasteiger charge is -2.28. The van der Waals surface area contributed by atoms with Gasteiger partial charge in [-0.15, -0.1) is 0 Å². The molecule has 0 bridgehead atoms. The molecule has 8 heteroatoms. The summed E-state index contributed by atoms with van der Waals surface area (Å²) >= 11 is 0. The fourth-order valence-corrected chi connectivity index (χ4v) is 4.40. The molecular formula is C25H25N5O3. The molecule has 8 nitrogen and oxygen atoms in total. The molecule has 1 fully saturated rings. The number of carbonyl (C=O) groups is 1. The first kappa shape index (κ1) is 21.1. The van der Waals surface area contributed by atoms with Crippen LogP contribution in [-0.4, -0.2) is 42.5 Å². The largest absolute Gasteiger partial charge is 0.391 e. The zero-order valence-corrected chi connectivity index (χ0v) is 18.1. The molecule has 33 heavy (non-hydrogen) atoms. The number of hydrogen-bond acceptors (Lipinski definition) is 5. The van der Waals surface area contributed by atoms with Gasteiger partial charge in [0.15, 0.2) is 0 Å². The third-order valence-electron chi connectivity index (χ3n) is 6.19. The molecule has 1 aromatic carbocycles. The monoisotopic (exact) mass is 443 g/mol. The highest BCUT2D eigenvalue weighted by Gasteiger charge is 2.26. The molecule has 0 unspecified atom stereocenters. The summed E-state index contributed by atoms with van der Waals surface area (Å²) in [4.78, 5) is 30.6. The van der Waals surface area contributed by atoms with Gasteiger partial charge in [0, 0.05) is 24.8 Å². The van der Waals surface area contributed by atoms with E-state index in [0.29, 0.717) is 29.4 Å². The van der Waals surface area contributed by atoms with Crippen molar-refractivity contribution in [1.82, 2.24) is 24.6 Å². The van der Waals surface area contributed by atoms with E-state index in [1.807, 2.05) is 36.5 Å². The number of aromatic nitrogens is 4. The van der Waals surface area contributed by atoms with Crippen LogP contribution >= 0.6 is 0 Å². The van der Waals surface area contributed by atoms with Crippen molar-refractivity contribution >= 4 is 16.8 Å². The Bertz CT molecular complexity index is 1330. The average molecular weight is 444 g/mol. The predicted octanol–water partition coefficient (Wildman–Crippen LogP) is 2.66. The minimum absolute atomic E-state index is 0.205. The second-order valence-electron chi connectivity index (χ2n) is 8.42. The van der Waals surface area contributed by atoms with E-state index in [2.05, 4.69) is 15.4 Å². The highest BCUT2D eigenvalue weighted by atomic mass is 16.3. The number of benzene rings is 1. The number of rotatable bonds is 5. The Balaban J connectivity index is 1.47. The van der Waals surface area contributed by atoms with E-state index >= 15 is 0 Å². The van der Waals surface area contributed by atoms with Crippen LogP contribution in [0.4, 0.5) is 0 Å². The van der Waals surface area contributed by atoms with Gasteiger partial charge in [-0.2, -0.15) is 5.10 Å². The van der Waals surface area contributed by atoms with Crippen molar-refractivity contribution in [3.8, 4) is 5.69 Å². The summed E-state index contributed by atoms with van der Waals surface area (Å²) in [6, 6.07) is 12.7. The standard InChI is InChI=1S/C25H25N5O3/c31-22-7-2-1-6-21(22)28-24(32)20-16-29(25(33)19-5-3-12-26-23(19)20)15-17-8-10-18(11-9-17)30-14-4-13-27-30/h3-5,8-14,16,21-22,31H,1-2,6-7,15H2,(H,28,32)/t21-,22-/m0/s1. The lowest BCUT2D eigenvalue weighted by atomic mass is 9.92. The van der Waals surface area contributed by atoms with Crippen LogP contribution in [0, 0.1) is 0 Å². The van der Waals surface area contributed by atoms with Gasteiger partial charge in [0.2, 0.25) is 0 Å². The van der Waals surface area contributed by atoms with Crippen LogP contribution in [0.1, 0.15) is 41.6 Å². The molecule has 0 spiro atoms. The van der Waals surface area contributed by atoms with Gasteiger partial charge in [0.1, 0.15) is 0 Å². The van der Waals surface area contributed by atoms with Crippen molar-refractivity contribution in [3.63, 3.8) is 0 Å². The Morgan fingerprint density at radius 3 is 2.67 bits per heavy atom. The molecule has 0 saturated heterocycles. The molecule has 2 N–H and O–H groups in total. The summed E-state index contributed by atoms with van der Waals surface area (Å²) in [5.41, 5.74) is 2.34. The maximum atomic E-state index is 13.2. The topological polar surface area (TPSA) is 102 Å². The minimum atomic E-state index is -0.555. The van der Waals surface area contributed by atoms with E-state index < -0.39 is 6.10 Å². The number of aliphatic hydroxyl groups is 1. The maximum absolute atomic E-state index is 13.2. The Morgan fingerprint density at radius 1 is 1.09 bits per heavy atom. The van der Waals surface area contributed by atoms with Crippen LogP contribution in [0.5, 0.6) is 0 Å². The summed E-state index contributed by atoms with van der Waals surface area (Å²) in [6.45, 7) is 0.315. The quantitative estimate of drug-likeness (QED) is 0.494. The van der Waals surface area contributed by atoms with E-state index in [0.717, 1.165) is 30.5 Å². The van der Waals surface area contributed by atoms with Crippen molar-refractivity contribution in [1.29, 1.82) is 0 Å². The normalized spacial score (nSPS) is 18.3. The number of aliphatic hydroxyl groups excluding tert-OH is 1. The summed E-state index contributed by atoms with van der Waals surface area (Å²) in [5, 5.41) is 17.8. The molecule has 0 aliphatic heterocycles. The molecule has 2 atom stereocenters. The van der Waals surface area contributed by atoms with Gasteiger partial charge in [0.25, 0.3) is 11.5 Å². The number of pyridine rings is 2. The molecule has 1 saturated carbocycles. The van der Waals surface area contributed by atoms with Crippen LogP contribution in [0.3, 0.4) is 0 Å². The fraction of sp³-hybridized carbons (Fsp3) is 0.280. The Hall–Kier alpha value is -3.78. The lowest BCUT2D eigenvalue weighted by molar-refractivity contribution is 0.0718. The van der Waals surface area contributed by atoms with Crippen molar-refractivity contribution in [2.75, 3.05) is 0 Å². The Morgan fingerprint density at radius 2 is 1.91 bits per heavy atom. The summed E-state index contributed by atoms with van der Waals surface area (Å²) in [6.07, 6.45) is 9.52. The first-order chi connectivity index (χ1) is 16.1. The molecule has 1 amide bonds. The van der Waals surface area contributed by atoms with Gasteiger partial charge in [-0.3, -0.25) is 14.6 Å². The SMILES string of the molecule is O=C(N[C@H]1CCCC[C@@H]1O)c1cn(Cc2ccc(-n3cccn3)cc2)c(=O)c2cccnc12. The molecule has 3 aromatic heterocycles. The van der Waals surface area contributed by atoms with Gasteiger partial charge in [-0.25, -0.2) is 4.68 Å². The van der Waals surface area contributed by atoms with E-state index in [4.69, 9.17) is 0 Å². The third kappa shape index (κ3) is 4.29. The van der Waals surface area contributed by atoms with Crippen LogP contribution in [0.2, 0.25) is 0 Å². The summed E-state index contributed by atoms with van der Waals surface area (Å²) < 4.78 is 3.30. The second-order valence-corrected chi connectivity index (χ2v) is 8.42. The van der Waals surface area contributed by atoms with Gasteiger partial charge in [-0.05, 0) is 48.7 Å². The Kier molecular flexibility index (Phi) is 5.75. The molecule has 4 aromatic rings. The first-order valence-corrected chi connectivity index (χ1v) is 11.2. The number of amides is 1. The number of fused-ring (bicyclic) bond motifs is 1. The summed E-state index contributed by atoms with van der Waals surface area (Å²) in [5.74, 6) is -0.326. The lowest BCUT2D eigenvalue weighted by Crippen LogP contribution is -2.45. The van der Waals surface area contributed by atoms with Crippen LogP contribution in [0.25, 0.3) is 16.6 Å². The molecule has 3 heterocycles. The van der Waals surface area contributed by atoms with E-state index in [-0.39, 0.29) is 17.5 Å². The van der Waals surface area contributed by atoms with Crippen molar-refractivity contribution in [2.24, 2.45) is 0 Å². The molecule has 168 valence electrons. The highest BCUT2D eigenvalue weighted by molar-refractivity contribution is 6.05. The van der Waals surface area contributed by atoms with Crippen LogP contribution < -0.4 is 10.9 Å². The maximum Gasteiger partial charge on any atom is 0.260 e. The molecule has 1 aliphatic carbocycles. The molecule has 1 aliphatic rings. The van der Waals surface area contributed by atoms with Crippen LogP contribution in [-0.2, 0) is 6.54 Å². The molecule has 5 rings (SSSR count). The number of nitrogens with one attached hydrogen (secondary N) is 1. The van der Waals surface area contributed by atoms with Crippen LogP contribution in [0.15, 0.2) is 72.0 Å². The second kappa shape index (κ2) is 8.99. The predicted molar refractivity (Wildman–Crippen MR) is 124 cm³/mol. The van der Waals surface area contributed by atoms with Crippen molar-refractivity contribution < 1.29 is 9.90 Å². The minimum Gasteiger partial charge on any atom is -0.391 e. The fourth-order valence-electron chi connectivity index (χ4n) is 4.40. The zero-order chi connectivity index (χ0) is 22.8. The number of nitrogens with zero attached hydrogens (tertiary/aromatic N) is 4. The number of carbonyl (C=O) groups excluding carboxylic acids is 1. The molecule has 0 radical (unpaired) electrons. The van der Waals surface area contributed by atoms with Crippen molar-refractivity contribution in [2.45, 2.75) is 44.4 Å². The smallest absolute Gasteiger partial charge is 0.260 e. The average Bonchev–Trinajstić information content (AvgIpc) is 3.38. The first-order valence-electron chi connectivity index (χ1n) is 11.2. The van der Waals surface area contributed by atoms with E-state index in [1.54, 1.807) is 40.0 Å². The van der Waals surface area contributed by atoms with Gasteiger partial charge in [-0.1, -0.05) is 25.0 Å². The van der Waals surface area contributed by atoms with E-state index in [9.17, 15) is 14.7 Å². The number of hydrogen-bond donors (Lipinski definition) is 2. The third-order valence-corrected chi connectivity index (χ3v) is 6.19. The van der Waals surface area contributed by atoms with Gasteiger partial charge in [0.05, 0.1) is 40.8 Å². The van der Waals surface area contributed by atoms with Gasteiger partial charge < -0.3 is 15.0 Å². The summed E-state index contributed by atoms with van der Waals surface area (Å²) in [7, 11) is 0. The van der Waals surface area contributed by atoms with Gasteiger partial charge >= 0.3 is 0 Å².